The Morgan fingerprint density at radius 1 is 1.20 bits per heavy atom. The zero-order valence-electron chi connectivity index (χ0n) is 14.7. The van der Waals surface area contributed by atoms with Gasteiger partial charge in [-0.1, -0.05) is 18.2 Å². The third-order valence-corrected chi connectivity index (χ3v) is 6.08. The fraction of sp³-hybridized carbons (Fsp3) is 0.550. The summed E-state index contributed by atoms with van der Waals surface area (Å²) in [6.07, 6.45) is 3.47. The number of hydrogen-bond donors (Lipinski definition) is 0. The van der Waals surface area contributed by atoms with E-state index in [0.29, 0.717) is 25.6 Å². The highest BCUT2D eigenvalue weighted by atomic mass is 16.7. The number of aryl methyl sites for hydroxylation is 1. The van der Waals surface area contributed by atoms with Gasteiger partial charge in [-0.05, 0) is 30.4 Å². The Bertz CT molecular complexity index is 835. The molecule has 0 N–H and O–H groups in total. The Balaban J connectivity index is 1.77. The summed E-state index contributed by atoms with van der Waals surface area (Å²) in [5, 5.41) is 1.14. The van der Waals surface area contributed by atoms with E-state index >= 15 is 0 Å². The van der Waals surface area contributed by atoms with Crippen molar-refractivity contribution < 1.29 is 14.3 Å². The number of rotatable bonds is 0. The minimum Gasteiger partial charge on any atom is -0.343 e. The summed E-state index contributed by atoms with van der Waals surface area (Å²) in [6, 6.07) is 8.32. The fourth-order valence-corrected chi connectivity index (χ4v) is 5.04. The van der Waals surface area contributed by atoms with Gasteiger partial charge < -0.3 is 18.9 Å². The number of carbonyl (C=O) groups excluding carboxylic acids is 1. The van der Waals surface area contributed by atoms with Gasteiger partial charge in [0.25, 0.3) is 0 Å². The van der Waals surface area contributed by atoms with Gasteiger partial charge in [-0.25, -0.2) is 0 Å². The molecule has 1 aromatic heterocycles. The molecule has 1 aromatic carbocycles. The van der Waals surface area contributed by atoms with Crippen LogP contribution in [0, 0.1) is 5.92 Å². The van der Waals surface area contributed by atoms with Gasteiger partial charge in [0.2, 0.25) is 11.7 Å². The predicted molar refractivity (Wildman–Crippen MR) is 94.1 cm³/mol. The van der Waals surface area contributed by atoms with Crippen molar-refractivity contribution in [2.75, 3.05) is 26.3 Å². The number of ether oxygens (including phenoxy) is 2. The number of nitrogens with zero attached hydrogens (tertiary/aromatic N) is 2. The Morgan fingerprint density at radius 3 is 2.84 bits per heavy atom. The summed E-state index contributed by atoms with van der Waals surface area (Å²) in [4.78, 5) is 15.0. The Labute approximate surface area is 147 Å². The third-order valence-electron chi connectivity index (χ3n) is 6.08. The summed E-state index contributed by atoms with van der Waals surface area (Å²) in [6.45, 7) is 2.94. The normalized spacial score (nSPS) is 25.7. The van der Waals surface area contributed by atoms with E-state index in [0.717, 1.165) is 54.5 Å². The topological polar surface area (TPSA) is 43.7 Å². The molecule has 5 rings (SSSR count). The van der Waals surface area contributed by atoms with E-state index in [4.69, 9.17) is 9.47 Å². The van der Waals surface area contributed by atoms with Gasteiger partial charge in [-0.3, -0.25) is 4.79 Å². The average Bonchev–Trinajstić information content (AvgIpc) is 3.20. The van der Waals surface area contributed by atoms with Crippen LogP contribution in [0.5, 0.6) is 0 Å². The number of fused-ring (bicyclic) bond motifs is 6. The van der Waals surface area contributed by atoms with Crippen molar-refractivity contribution >= 4 is 16.8 Å². The molecule has 2 fully saturated rings. The van der Waals surface area contributed by atoms with Crippen molar-refractivity contribution in [1.29, 1.82) is 0 Å². The molecule has 2 saturated heterocycles. The van der Waals surface area contributed by atoms with Crippen molar-refractivity contribution in [1.82, 2.24) is 9.47 Å². The van der Waals surface area contributed by atoms with Crippen LogP contribution in [0.15, 0.2) is 24.3 Å². The van der Waals surface area contributed by atoms with Crippen molar-refractivity contribution in [2.24, 2.45) is 13.0 Å². The monoisotopic (exact) mass is 340 g/mol. The van der Waals surface area contributed by atoms with E-state index in [2.05, 4.69) is 23.7 Å². The lowest BCUT2D eigenvalue weighted by Crippen LogP contribution is -2.42. The Kier molecular flexibility index (Phi) is 3.44. The first-order valence-corrected chi connectivity index (χ1v) is 9.30. The molecule has 1 unspecified atom stereocenters. The highest BCUT2D eigenvalue weighted by Gasteiger charge is 2.47. The van der Waals surface area contributed by atoms with Crippen LogP contribution in [0.4, 0.5) is 0 Å². The highest BCUT2D eigenvalue weighted by Crippen LogP contribution is 2.45. The molecule has 0 radical (unpaired) electrons. The zero-order chi connectivity index (χ0) is 17.0. The summed E-state index contributed by atoms with van der Waals surface area (Å²) >= 11 is 0. The molecule has 1 amide bonds. The van der Waals surface area contributed by atoms with Crippen LogP contribution >= 0.6 is 0 Å². The lowest BCUT2D eigenvalue weighted by atomic mass is 9.89. The Hall–Kier alpha value is -1.85. The second-order valence-electron chi connectivity index (χ2n) is 7.58. The molecule has 4 heterocycles. The van der Waals surface area contributed by atoms with Crippen molar-refractivity contribution in [3.05, 3.63) is 35.5 Å². The van der Waals surface area contributed by atoms with Gasteiger partial charge in [0.1, 0.15) is 0 Å². The molecule has 25 heavy (non-hydrogen) atoms. The van der Waals surface area contributed by atoms with Crippen LogP contribution in [0.3, 0.4) is 0 Å². The molecule has 0 aliphatic carbocycles. The maximum absolute atomic E-state index is 13.0. The van der Waals surface area contributed by atoms with Crippen LogP contribution in [0.25, 0.3) is 10.9 Å². The molecule has 3 aliphatic heterocycles. The number of amides is 1. The quantitative estimate of drug-likeness (QED) is 0.740. The first-order chi connectivity index (χ1) is 12.2. The van der Waals surface area contributed by atoms with E-state index in [1.165, 1.54) is 0 Å². The van der Waals surface area contributed by atoms with Crippen LogP contribution in [-0.4, -0.2) is 41.7 Å². The summed E-state index contributed by atoms with van der Waals surface area (Å²) < 4.78 is 14.7. The van der Waals surface area contributed by atoms with E-state index < -0.39 is 5.79 Å². The van der Waals surface area contributed by atoms with Gasteiger partial charge >= 0.3 is 0 Å². The lowest BCUT2D eigenvalue weighted by molar-refractivity contribution is -0.185. The van der Waals surface area contributed by atoms with Crippen LogP contribution < -0.4 is 0 Å². The van der Waals surface area contributed by atoms with Gasteiger partial charge in [0.05, 0.1) is 25.3 Å². The Morgan fingerprint density at radius 2 is 2.00 bits per heavy atom. The molecular formula is C20H24N2O3. The standard InChI is InChI=1S/C20H24N2O3/c1-21-17-7-3-2-6-15(17)16-11-18(23)22-8-4-5-14(13-22)12-20(19(16)21)24-9-10-25-20/h2-3,6-7,14H,4-5,8-13H2,1H3. The number of para-hydroxylation sites is 1. The molecule has 2 bridgehead atoms. The molecule has 5 heteroatoms. The number of piperidine rings is 1. The van der Waals surface area contributed by atoms with Gasteiger partial charge in [-0.15, -0.1) is 0 Å². The van der Waals surface area contributed by atoms with Gasteiger partial charge in [-0.2, -0.15) is 0 Å². The summed E-state index contributed by atoms with van der Waals surface area (Å²) in [5.41, 5.74) is 3.27. The van der Waals surface area contributed by atoms with Crippen LogP contribution in [0.2, 0.25) is 0 Å². The number of benzene rings is 1. The summed E-state index contributed by atoms with van der Waals surface area (Å²) in [7, 11) is 2.07. The molecule has 2 aromatic rings. The number of carbonyl (C=O) groups is 1. The van der Waals surface area contributed by atoms with Crippen molar-refractivity contribution in [2.45, 2.75) is 31.5 Å². The first kappa shape index (κ1) is 15.4. The molecular weight excluding hydrogens is 316 g/mol. The van der Waals surface area contributed by atoms with Crippen LogP contribution in [0.1, 0.15) is 30.5 Å². The van der Waals surface area contributed by atoms with Crippen molar-refractivity contribution in [3.63, 3.8) is 0 Å². The second kappa shape index (κ2) is 5.58. The van der Waals surface area contributed by atoms with E-state index in [1.807, 2.05) is 17.0 Å². The molecule has 1 atom stereocenters. The average molecular weight is 340 g/mol. The molecule has 0 saturated carbocycles. The summed E-state index contributed by atoms with van der Waals surface area (Å²) in [5.74, 6) is -0.0430. The SMILES string of the molecule is Cn1c2c(c3ccccc31)CC(=O)N1CCCC(C1)CC21OCCO1. The highest BCUT2D eigenvalue weighted by molar-refractivity contribution is 5.91. The minimum absolute atomic E-state index is 0.234. The zero-order valence-corrected chi connectivity index (χ0v) is 14.7. The maximum Gasteiger partial charge on any atom is 0.227 e. The van der Waals surface area contributed by atoms with E-state index in [1.54, 1.807) is 0 Å². The minimum atomic E-state index is -0.707. The van der Waals surface area contributed by atoms with E-state index in [-0.39, 0.29) is 5.91 Å². The molecule has 1 spiro atoms. The first-order valence-electron chi connectivity index (χ1n) is 9.30. The number of aromatic nitrogens is 1. The van der Waals surface area contributed by atoms with Gasteiger partial charge in [0.15, 0.2) is 0 Å². The second-order valence-corrected chi connectivity index (χ2v) is 7.58. The molecule has 132 valence electrons. The van der Waals surface area contributed by atoms with Gasteiger partial charge in [0, 0.05) is 37.5 Å². The lowest BCUT2D eigenvalue weighted by Gasteiger charge is -2.36. The van der Waals surface area contributed by atoms with E-state index in [9.17, 15) is 4.79 Å². The predicted octanol–water partition coefficient (Wildman–Crippen LogP) is 2.56. The maximum atomic E-state index is 13.0. The molecule has 3 aliphatic rings. The van der Waals surface area contributed by atoms with Crippen LogP contribution in [-0.2, 0) is 33.5 Å². The number of hydrogen-bond acceptors (Lipinski definition) is 3. The van der Waals surface area contributed by atoms with Crippen molar-refractivity contribution in [3.8, 4) is 0 Å². The largest absolute Gasteiger partial charge is 0.343 e. The smallest absolute Gasteiger partial charge is 0.227 e. The molecule has 5 nitrogen and oxygen atoms in total. The fourth-order valence-electron chi connectivity index (χ4n) is 5.04. The third kappa shape index (κ3) is 2.26.